The first-order valence-corrected chi connectivity index (χ1v) is 7.28. The molecule has 0 saturated carbocycles. The van der Waals surface area contributed by atoms with Gasteiger partial charge in [-0.2, -0.15) is 0 Å². The highest BCUT2D eigenvalue weighted by atomic mass is 16.2. The summed E-state index contributed by atoms with van der Waals surface area (Å²) in [5.74, 6) is 0. The minimum Gasteiger partial charge on any atom is -0.399 e. The van der Waals surface area contributed by atoms with Gasteiger partial charge in [-0.05, 0) is 48.2 Å². The van der Waals surface area contributed by atoms with Crippen LogP contribution in [0.1, 0.15) is 11.1 Å². The van der Waals surface area contributed by atoms with E-state index in [4.69, 9.17) is 17.2 Å². The molecule has 0 aliphatic rings. The van der Waals surface area contributed by atoms with Crippen molar-refractivity contribution in [3.63, 3.8) is 0 Å². The van der Waals surface area contributed by atoms with Gasteiger partial charge in [-0.25, -0.2) is 4.79 Å². The highest BCUT2D eigenvalue weighted by Crippen LogP contribution is 2.09. The van der Waals surface area contributed by atoms with Crippen LogP contribution in [0.3, 0.4) is 0 Å². The second-order valence-electron chi connectivity index (χ2n) is 5.31. The zero-order valence-electron chi connectivity index (χ0n) is 12.5. The Balaban J connectivity index is 1.88. The lowest BCUT2D eigenvalue weighted by Gasteiger charge is -2.20. The van der Waals surface area contributed by atoms with E-state index in [9.17, 15) is 4.79 Å². The summed E-state index contributed by atoms with van der Waals surface area (Å²) in [5, 5.41) is 0. The van der Waals surface area contributed by atoms with Crippen LogP contribution >= 0.6 is 0 Å². The SMILES string of the molecule is NC(=O)N(CCc1ccc(N)cc1)CCc1ccc(N)cc1. The van der Waals surface area contributed by atoms with Gasteiger partial charge in [0.2, 0.25) is 0 Å². The molecule has 0 atom stereocenters. The minimum atomic E-state index is -0.397. The van der Waals surface area contributed by atoms with Crippen molar-refractivity contribution >= 4 is 17.4 Å². The van der Waals surface area contributed by atoms with E-state index in [1.54, 1.807) is 4.90 Å². The van der Waals surface area contributed by atoms with Crippen molar-refractivity contribution in [2.75, 3.05) is 24.6 Å². The van der Waals surface area contributed by atoms with Gasteiger partial charge in [-0.1, -0.05) is 24.3 Å². The van der Waals surface area contributed by atoms with Gasteiger partial charge in [-0.15, -0.1) is 0 Å². The molecule has 2 amide bonds. The summed E-state index contributed by atoms with van der Waals surface area (Å²) in [6, 6.07) is 14.9. The van der Waals surface area contributed by atoms with Crippen molar-refractivity contribution in [2.24, 2.45) is 5.73 Å². The molecule has 5 nitrogen and oxygen atoms in total. The number of carbonyl (C=O) groups is 1. The van der Waals surface area contributed by atoms with Crippen LogP contribution < -0.4 is 17.2 Å². The van der Waals surface area contributed by atoms with Gasteiger partial charge in [-0.3, -0.25) is 0 Å². The molecule has 0 heterocycles. The van der Waals surface area contributed by atoms with Gasteiger partial charge < -0.3 is 22.1 Å². The Morgan fingerprint density at radius 3 is 1.45 bits per heavy atom. The molecule has 0 aromatic heterocycles. The maximum atomic E-state index is 11.6. The fourth-order valence-electron chi connectivity index (χ4n) is 2.23. The van der Waals surface area contributed by atoms with E-state index in [1.165, 1.54) is 0 Å². The molecule has 0 aliphatic carbocycles. The lowest BCUT2D eigenvalue weighted by Crippen LogP contribution is -2.38. The summed E-state index contributed by atoms with van der Waals surface area (Å²) in [7, 11) is 0. The molecule has 22 heavy (non-hydrogen) atoms. The number of carbonyl (C=O) groups excluding carboxylic acids is 1. The highest BCUT2D eigenvalue weighted by molar-refractivity contribution is 5.72. The third-order valence-electron chi connectivity index (χ3n) is 3.61. The maximum Gasteiger partial charge on any atom is 0.314 e. The fourth-order valence-corrected chi connectivity index (χ4v) is 2.23. The van der Waals surface area contributed by atoms with Crippen LogP contribution in [0.25, 0.3) is 0 Å². The minimum absolute atomic E-state index is 0.397. The molecular formula is C17H22N4O. The molecule has 0 radical (unpaired) electrons. The molecule has 0 bridgehead atoms. The molecule has 116 valence electrons. The third-order valence-corrected chi connectivity index (χ3v) is 3.61. The fraction of sp³-hybridized carbons (Fsp3) is 0.235. The van der Waals surface area contributed by atoms with E-state index in [0.717, 1.165) is 35.3 Å². The van der Waals surface area contributed by atoms with Gasteiger partial charge in [0, 0.05) is 24.5 Å². The van der Waals surface area contributed by atoms with Gasteiger partial charge in [0.05, 0.1) is 0 Å². The average molecular weight is 298 g/mol. The van der Waals surface area contributed by atoms with Crippen molar-refractivity contribution in [3.05, 3.63) is 59.7 Å². The monoisotopic (exact) mass is 298 g/mol. The number of hydrogen-bond acceptors (Lipinski definition) is 3. The number of nitrogen functional groups attached to an aromatic ring is 2. The molecule has 0 unspecified atom stereocenters. The van der Waals surface area contributed by atoms with Crippen molar-refractivity contribution in [2.45, 2.75) is 12.8 Å². The summed E-state index contributed by atoms with van der Waals surface area (Å²) in [6.45, 7) is 1.18. The summed E-state index contributed by atoms with van der Waals surface area (Å²) in [5.41, 5.74) is 20.5. The molecule has 6 N–H and O–H groups in total. The molecule has 2 aromatic rings. The van der Waals surface area contributed by atoms with Gasteiger partial charge in [0.15, 0.2) is 0 Å². The standard InChI is InChI=1S/C17H22N4O/c18-15-5-1-13(2-6-15)9-11-21(17(20)22)12-10-14-3-7-16(19)8-4-14/h1-8H,9-12,18-19H2,(H2,20,22). The smallest absolute Gasteiger partial charge is 0.314 e. The number of primary amides is 1. The number of nitrogens with zero attached hydrogens (tertiary/aromatic N) is 1. The van der Waals surface area contributed by atoms with Crippen LogP contribution in [-0.2, 0) is 12.8 Å². The Morgan fingerprint density at radius 1 is 0.773 bits per heavy atom. The van der Waals surface area contributed by atoms with E-state index in [-0.39, 0.29) is 0 Å². The molecule has 2 rings (SSSR count). The predicted molar refractivity (Wildman–Crippen MR) is 90.3 cm³/mol. The van der Waals surface area contributed by atoms with Crippen LogP contribution in [0, 0.1) is 0 Å². The second-order valence-corrected chi connectivity index (χ2v) is 5.31. The molecular weight excluding hydrogens is 276 g/mol. The van der Waals surface area contributed by atoms with Crippen LogP contribution in [0.4, 0.5) is 16.2 Å². The highest BCUT2D eigenvalue weighted by Gasteiger charge is 2.09. The molecule has 5 heteroatoms. The summed E-state index contributed by atoms with van der Waals surface area (Å²) in [6.07, 6.45) is 1.51. The van der Waals surface area contributed by atoms with E-state index in [1.807, 2.05) is 48.5 Å². The predicted octanol–water partition coefficient (Wildman–Crippen LogP) is 2.02. The Hall–Kier alpha value is -2.69. The van der Waals surface area contributed by atoms with E-state index >= 15 is 0 Å². The number of rotatable bonds is 6. The third kappa shape index (κ3) is 4.70. The number of hydrogen-bond donors (Lipinski definition) is 3. The molecule has 0 spiro atoms. The topological polar surface area (TPSA) is 98.4 Å². The van der Waals surface area contributed by atoms with Crippen molar-refractivity contribution in [3.8, 4) is 0 Å². The lowest BCUT2D eigenvalue weighted by molar-refractivity contribution is 0.209. The van der Waals surface area contributed by atoms with Gasteiger partial charge in [0.1, 0.15) is 0 Å². The molecule has 0 aliphatic heterocycles. The summed E-state index contributed by atoms with van der Waals surface area (Å²) in [4.78, 5) is 13.2. The number of anilines is 2. The van der Waals surface area contributed by atoms with E-state index < -0.39 is 6.03 Å². The van der Waals surface area contributed by atoms with Crippen LogP contribution in [0.15, 0.2) is 48.5 Å². The Morgan fingerprint density at radius 2 is 1.14 bits per heavy atom. The molecule has 2 aromatic carbocycles. The quantitative estimate of drug-likeness (QED) is 0.711. The Bertz CT molecular complexity index is 558. The number of urea groups is 1. The molecule has 0 saturated heterocycles. The zero-order chi connectivity index (χ0) is 15.9. The normalized spacial score (nSPS) is 10.4. The van der Waals surface area contributed by atoms with Crippen molar-refractivity contribution < 1.29 is 4.79 Å². The largest absolute Gasteiger partial charge is 0.399 e. The number of benzene rings is 2. The van der Waals surface area contributed by atoms with Gasteiger partial charge >= 0.3 is 6.03 Å². The van der Waals surface area contributed by atoms with Crippen molar-refractivity contribution in [1.29, 1.82) is 0 Å². The lowest BCUT2D eigenvalue weighted by atomic mass is 10.1. The van der Waals surface area contributed by atoms with Crippen molar-refractivity contribution in [1.82, 2.24) is 4.90 Å². The second kappa shape index (κ2) is 7.36. The maximum absolute atomic E-state index is 11.6. The van der Waals surface area contributed by atoms with Gasteiger partial charge in [0.25, 0.3) is 0 Å². The molecule has 0 fully saturated rings. The zero-order valence-corrected chi connectivity index (χ0v) is 12.5. The van der Waals surface area contributed by atoms with Crippen LogP contribution in [-0.4, -0.2) is 24.0 Å². The Kier molecular flexibility index (Phi) is 5.25. The first-order valence-electron chi connectivity index (χ1n) is 7.28. The summed E-state index contributed by atoms with van der Waals surface area (Å²) >= 11 is 0. The average Bonchev–Trinajstić information content (AvgIpc) is 2.50. The summed E-state index contributed by atoms with van der Waals surface area (Å²) < 4.78 is 0. The van der Waals surface area contributed by atoms with Crippen LogP contribution in [0.5, 0.6) is 0 Å². The van der Waals surface area contributed by atoms with Crippen LogP contribution in [0.2, 0.25) is 0 Å². The first-order chi connectivity index (χ1) is 10.5. The first kappa shape index (κ1) is 15.7. The van der Waals surface area contributed by atoms with E-state index in [0.29, 0.717) is 13.1 Å². The van der Waals surface area contributed by atoms with E-state index in [2.05, 4.69) is 0 Å². The number of nitrogens with two attached hydrogens (primary N) is 3. The Labute approximate surface area is 130 Å². The number of amides is 2.